The minimum absolute atomic E-state index is 0.391. The van der Waals surface area contributed by atoms with Gasteiger partial charge in [-0.1, -0.05) is 52.9 Å². The van der Waals surface area contributed by atoms with Gasteiger partial charge in [0, 0.05) is 6.61 Å². The van der Waals surface area contributed by atoms with E-state index < -0.39 is 49.2 Å². The predicted octanol–water partition coefficient (Wildman–Crippen LogP) is 1.37. The van der Waals surface area contributed by atoms with E-state index in [0.29, 0.717) is 6.61 Å². The minimum Gasteiger partial charge on any atom is -0.456 e. The van der Waals surface area contributed by atoms with Gasteiger partial charge in [0.05, 0.1) is 12.5 Å². The van der Waals surface area contributed by atoms with Gasteiger partial charge in [-0.25, -0.2) is 0 Å². The van der Waals surface area contributed by atoms with Crippen molar-refractivity contribution in [2.75, 3.05) is 13.2 Å². The zero-order valence-electron chi connectivity index (χ0n) is 15.6. The number of hydrogen-bond acceptors (Lipinski definition) is 7. The van der Waals surface area contributed by atoms with Gasteiger partial charge in [-0.05, 0) is 6.42 Å². The molecule has 3 N–H and O–H groups in total. The fraction of sp³-hybridized carbons (Fsp3) is 0.944. The fourth-order valence-electron chi connectivity index (χ4n) is 2.68. The Balaban J connectivity index is 2.50. The van der Waals surface area contributed by atoms with Crippen LogP contribution in [0.2, 0.25) is 0 Å². The fourth-order valence-corrected chi connectivity index (χ4v) is 2.68. The third kappa shape index (κ3) is 7.19. The van der Waals surface area contributed by atoms with Crippen LogP contribution in [0.3, 0.4) is 0 Å². The molecule has 1 saturated heterocycles. The van der Waals surface area contributed by atoms with E-state index in [4.69, 9.17) is 14.2 Å². The molecule has 0 aromatic carbocycles. The Hall–Kier alpha value is -0.730. The van der Waals surface area contributed by atoms with Crippen molar-refractivity contribution in [1.29, 1.82) is 0 Å². The number of aliphatic hydroxyl groups is 3. The van der Waals surface area contributed by atoms with Gasteiger partial charge < -0.3 is 29.5 Å². The van der Waals surface area contributed by atoms with Gasteiger partial charge in [0.2, 0.25) is 0 Å². The van der Waals surface area contributed by atoms with E-state index in [2.05, 4.69) is 6.92 Å². The molecule has 0 unspecified atom stereocenters. The number of carbonyl (C=O) groups is 1. The molecule has 0 bridgehead atoms. The second-order valence-corrected chi connectivity index (χ2v) is 6.90. The molecule has 1 fully saturated rings. The van der Waals surface area contributed by atoms with Gasteiger partial charge in [0.15, 0.2) is 12.4 Å². The Bertz CT molecular complexity index is 374. The molecular formula is C18H34O7. The Morgan fingerprint density at radius 3 is 2.32 bits per heavy atom. The molecule has 25 heavy (non-hydrogen) atoms. The lowest BCUT2D eigenvalue weighted by molar-refractivity contribution is -0.304. The molecule has 1 heterocycles. The van der Waals surface area contributed by atoms with Crippen molar-refractivity contribution in [2.24, 2.45) is 5.92 Å². The summed E-state index contributed by atoms with van der Waals surface area (Å²) in [6, 6.07) is 0. The summed E-state index contributed by atoms with van der Waals surface area (Å²) in [5, 5.41) is 29.9. The van der Waals surface area contributed by atoms with Crippen molar-refractivity contribution >= 4 is 5.97 Å². The number of hydrogen-bond donors (Lipinski definition) is 3. The molecule has 0 spiro atoms. The van der Waals surface area contributed by atoms with E-state index in [1.54, 1.807) is 13.8 Å². The summed E-state index contributed by atoms with van der Waals surface area (Å²) in [6.45, 7) is 5.43. The molecule has 7 heteroatoms. The zero-order valence-corrected chi connectivity index (χ0v) is 15.6. The van der Waals surface area contributed by atoms with E-state index in [1.807, 2.05) is 0 Å². The molecule has 148 valence electrons. The van der Waals surface area contributed by atoms with Crippen LogP contribution >= 0.6 is 0 Å². The van der Waals surface area contributed by atoms with Crippen molar-refractivity contribution in [3.8, 4) is 0 Å². The van der Waals surface area contributed by atoms with Gasteiger partial charge in [-0.15, -0.1) is 0 Å². The third-order valence-electron chi connectivity index (χ3n) is 4.33. The largest absolute Gasteiger partial charge is 0.456 e. The molecule has 0 amide bonds. The zero-order chi connectivity index (χ0) is 18.8. The van der Waals surface area contributed by atoms with Crippen molar-refractivity contribution in [3.63, 3.8) is 0 Å². The summed E-state index contributed by atoms with van der Waals surface area (Å²) in [6.07, 6.45) is 0.809. The van der Waals surface area contributed by atoms with E-state index in [1.165, 1.54) is 19.3 Å². The highest BCUT2D eigenvalue weighted by molar-refractivity contribution is 5.71. The summed E-state index contributed by atoms with van der Waals surface area (Å²) in [5.41, 5.74) is 0. The Kier molecular flexibility index (Phi) is 10.5. The first-order valence-corrected chi connectivity index (χ1v) is 9.36. The Morgan fingerprint density at radius 2 is 1.72 bits per heavy atom. The first-order chi connectivity index (χ1) is 11.9. The quantitative estimate of drug-likeness (QED) is 0.376. The first-order valence-electron chi connectivity index (χ1n) is 9.36. The minimum atomic E-state index is -1.31. The number of rotatable bonds is 11. The number of ether oxygens (including phenoxy) is 3. The maximum atomic E-state index is 11.8. The van der Waals surface area contributed by atoms with Gasteiger partial charge >= 0.3 is 5.97 Å². The summed E-state index contributed by atoms with van der Waals surface area (Å²) in [5.74, 6) is -0.923. The maximum Gasteiger partial charge on any atom is 0.308 e. The second-order valence-electron chi connectivity index (χ2n) is 6.90. The van der Waals surface area contributed by atoms with Crippen LogP contribution in [-0.4, -0.2) is 65.2 Å². The van der Waals surface area contributed by atoms with Crippen LogP contribution in [0.15, 0.2) is 0 Å². The molecule has 1 aliphatic rings. The Morgan fingerprint density at radius 1 is 1.08 bits per heavy atom. The summed E-state index contributed by atoms with van der Waals surface area (Å²) < 4.78 is 16.2. The molecule has 5 atom stereocenters. The van der Waals surface area contributed by atoms with Crippen LogP contribution in [0.25, 0.3) is 0 Å². The molecule has 1 aliphatic heterocycles. The lowest BCUT2D eigenvalue weighted by Gasteiger charge is -2.41. The van der Waals surface area contributed by atoms with Crippen molar-refractivity contribution < 1.29 is 34.3 Å². The summed E-state index contributed by atoms with van der Waals surface area (Å²) in [4.78, 5) is 11.8. The number of carbonyl (C=O) groups excluding carboxylic acids is 1. The van der Waals surface area contributed by atoms with Crippen molar-refractivity contribution in [1.82, 2.24) is 0 Å². The normalized spacial score (nSPS) is 29.8. The first kappa shape index (κ1) is 22.3. The maximum absolute atomic E-state index is 11.8. The summed E-state index contributed by atoms with van der Waals surface area (Å²) >= 11 is 0. The average molecular weight is 362 g/mol. The Labute approximate surface area is 150 Å². The van der Waals surface area contributed by atoms with Crippen LogP contribution in [0.1, 0.15) is 59.3 Å². The predicted molar refractivity (Wildman–Crippen MR) is 91.8 cm³/mol. The monoisotopic (exact) mass is 362 g/mol. The SMILES string of the molecule is CCCCCCCCO[C@@H]1O[C@H](CO)[C@@H](O)[C@H](OC(=O)C(C)C)[C@H]1O. The number of aliphatic hydroxyl groups excluding tert-OH is 3. The van der Waals surface area contributed by atoms with Crippen LogP contribution in [0.5, 0.6) is 0 Å². The van der Waals surface area contributed by atoms with Gasteiger partial charge in [-0.2, -0.15) is 0 Å². The molecule has 1 rings (SSSR count). The molecule has 0 aliphatic carbocycles. The van der Waals surface area contributed by atoms with Gasteiger partial charge in [0.1, 0.15) is 18.3 Å². The highest BCUT2D eigenvalue weighted by atomic mass is 16.7. The third-order valence-corrected chi connectivity index (χ3v) is 4.33. The average Bonchev–Trinajstić information content (AvgIpc) is 2.59. The molecule has 0 aromatic rings. The van der Waals surface area contributed by atoms with Crippen molar-refractivity contribution in [2.45, 2.75) is 90.0 Å². The van der Waals surface area contributed by atoms with Crippen LogP contribution in [0, 0.1) is 5.92 Å². The lowest BCUT2D eigenvalue weighted by atomic mass is 9.98. The van der Waals surface area contributed by atoms with E-state index >= 15 is 0 Å². The second kappa shape index (κ2) is 11.8. The topological polar surface area (TPSA) is 105 Å². The lowest BCUT2D eigenvalue weighted by Crippen LogP contribution is -2.60. The highest BCUT2D eigenvalue weighted by Crippen LogP contribution is 2.25. The smallest absolute Gasteiger partial charge is 0.308 e. The van der Waals surface area contributed by atoms with Crippen LogP contribution in [0.4, 0.5) is 0 Å². The molecule has 0 saturated carbocycles. The van der Waals surface area contributed by atoms with E-state index in [-0.39, 0.29) is 0 Å². The molecule has 0 radical (unpaired) electrons. The van der Waals surface area contributed by atoms with Gasteiger partial charge in [-0.3, -0.25) is 4.79 Å². The molecule has 7 nitrogen and oxygen atoms in total. The number of unbranched alkanes of at least 4 members (excludes halogenated alkanes) is 5. The highest BCUT2D eigenvalue weighted by Gasteiger charge is 2.47. The molecule has 0 aromatic heterocycles. The van der Waals surface area contributed by atoms with Gasteiger partial charge in [0.25, 0.3) is 0 Å². The van der Waals surface area contributed by atoms with Crippen LogP contribution < -0.4 is 0 Å². The summed E-state index contributed by atoms with van der Waals surface area (Å²) in [7, 11) is 0. The van der Waals surface area contributed by atoms with E-state index in [9.17, 15) is 20.1 Å². The van der Waals surface area contributed by atoms with Crippen molar-refractivity contribution in [3.05, 3.63) is 0 Å². The number of esters is 1. The van der Waals surface area contributed by atoms with E-state index in [0.717, 1.165) is 19.3 Å². The molecular weight excluding hydrogens is 328 g/mol. The van der Waals surface area contributed by atoms with Crippen LogP contribution in [-0.2, 0) is 19.0 Å². The standard InChI is InChI=1S/C18H34O7/c1-4-5-6-7-8-9-10-23-18-15(21)16(25-17(22)12(2)3)14(20)13(11-19)24-18/h12-16,18-21H,4-11H2,1-3H3/t13-,14-,15-,16+,18-/m1/s1.